The van der Waals surface area contributed by atoms with Crippen molar-refractivity contribution in [3.63, 3.8) is 0 Å². The number of amides is 2. The summed E-state index contributed by atoms with van der Waals surface area (Å²) in [6.07, 6.45) is 1.31. The Bertz CT molecular complexity index is 1270. The summed E-state index contributed by atoms with van der Waals surface area (Å²) in [7, 11) is 1.63. The molecule has 0 aliphatic carbocycles. The third-order valence-electron chi connectivity index (χ3n) is 5.03. The van der Waals surface area contributed by atoms with Crippen LogP contribution >= 0.6 is 0 Å². The Morgan fingerprint density at radius 3 is 2.61 bits per heavy atom. The minimum atomic E-state index is -0.763. The number of benzene rings is 2. The number of nitrogens with two attached hydrogens (primary N) is 1. The summed E-state index contributed by atoms with van der Waals surface area (Å²) in [6, 6.07) is 16.5. The van der Waals surface area contributed by atoms with Gasteiger partial charge >= 0.3 is 0 Å². The largest absolute Gasteiger partial charge is 0.496 e. The van der Waals surface area contributed by atoms with Crippen LogP contribution in [0.3, 0.4) is 0 Å². The third kappa shape index (κ3) is 4.16. The molecule has 2 aromatic heterocycles. The lowest BCUT2D eigenvalue weighted by molar-refractivity contribution is 0.0977. The van der Waals surface area contributed by atoms with Gasteiger partial charge in [0, 0.05) is 11.8 Å². The van der Waals surface area contributed by atoms with E-state index >= 15 is 0 Å². The number of fused-ring (bicyclic) bond motifs is 1. The van der Waals surface area contributed by atoms with Gasteiger partial charge in [0.15, 0.2) is 5.76 Å². The summed E-state index contributed by atoms with van der Waals surface area (Å²) in [5.74, 6) is 0.256. The van der Waals surface area contributed by atoms with Crippen LogP contribution in [-0.2, 0) is 12.8 Å². The number of rotatable bonds is 7. The van der Waals surface area contributed by atoms with E-state index in [0.717, 1.165) is 16.9 Å². The van der Waals surface area contributed by atoms with Gasteiger partial charge in [-0.15, -0.1) is 0 Å². The Morgan fingerprint density at radius 2 is 1.84 bits per heavy atom. The van der Waals surface area contributed by atoms with E-state index in [4.69, 9.17) is 19.3 Å². The van der Waals surface area contributed by atoms with Crippen LogP contribution in [0.25, 0.3) is 11.0 Å². The molecule has 0 bridgehead atoms. The lowest BCUT2D eigenvalue weighted by Crippen LogP contribution is -2.16. The number of para-hydroxylation sites is 1. The minimum absolute atomic E-state index is 0.100. The molecule has 7 heteroatoms. The fourth-order valence-corrected chi connectivity index (χ4v) is 3.48. The maximum Gasteiger partial charge on any atom is 0.291 e. The van der Waals surface area contributed by atoms with Crippen LogP contribution in [0.2, 0.25) is 0 Å². The maximum absolute atomic E-state index is 12.8. The van der Waals surface area contributed by atoms with E-state index in [0.29, 0.717) is 29.6 Å². The number of primary amides is 1. The molecule has 4 rings (SSSR count). The molecule has 0 fully saturated rings. The Morgan fingerprint density at radius 1 is 1.03 bits per heavy atom. The van der Waals surface area contributed by atoms with E-state index in [-0.39, 0.29) is 17.2 Å². The van der Waals surface area contributed by atoms with Gasteiger partial charge in [-0.2, -0.15) is 0 Å². The zero-order chi connectivity index (χ0) is 22.0. The van der Waals surface area contributed by atoms with Crippen LogP contribution in [0.4, 0.5) is 5.69 Å². The maximum atomic E-state index is 12.8. The number of furan rings is 2. The number of aryl methyl sites for hydroxylation is 3. The molecule has 0 aliphatic rings. The zero-order valence-electron chi connectivity index (χ0n) is 17.2. The molecule has 2 aromatic carbocycles. The number of hydrogen-bond acceptors (Lipinski definition) is 5. The highest BCUT2D eigenvalue weighted by Gasteiger charge is 2.22. The van der Waals surface area contributed by atoms with Crippen LogP contribution in [0, 0.1) is 6.92 Å². The summed E-state index contributed by atoms with van der Waals surface area (Å²) >= 11 is 0. The minimum Gasteiger partial charge on any atom is -0.496 e. The van der Waals surface area contributed by atoms with Crippen molar-refractivity contribution in [1.82, 2.24) is 0 Å². The van der Waals surface area contributed by atoms with Crippen LogP contribution in [0.1, 0.15) is 38.0 Å². The highest BCUT2D eigenvalue weighted by Crippen LogP contribution is 2.32. The summed E-state index contributed by atoms with van der Waals surface area (Å²) in [5.41, 5.74) is 8.16. The molecular weight excluding hydrogens is 396 g/mol. The molecule has 0 spiro atoms. The molecule has 0 saturated heterocycles. The summed E-state index contributed by atoms with van der Waals surface area (Å²) in [5, 5.41) is 3.30. The number of hydrogen-bond donors (Lipinski definition) is 2. The highest BCUT2D eigenvalue weighted by molar-refractivity contribution is 6.13. The van der Waals surface area contributed by atoms with Crippen LogP contribution < -0.4 is 15.8 Å². The SMILES string of the molecule is COc1ccccc1CCc1ccc(C(=O)Nc2c(C(N)=O)oc3cc(C)ccc23)o1. The summed E-state index contributed by atoms with van der Waals surface area (Å²) in [4.78, 5) is 24.6. The lowest BCUT2D eigenvalue weighted by atomic mass is 10.1. The van der Waals surface area contributed by atoms with Gasteiger partial charge in [0.1, 0.15) is 22.8 Å². The lowest BCUT2D eigenvalue weighted by Gasteiger charge is -2.06. The smallest absolute Gasteiger partial charge is 0.291 e. The second-order valence-corrected chi connectivity index (χ2v) is 7.20. The Kier molecular flexibility index (Phi) is 5.49. The molecule has 2 amide bonds. The van der Waals surface area contributed by atoms with Gasteiger partial charge in [-0.1, -0.05) is 24.3 Å². The molecule has 4 aromatic rings. The van der Waals surface area contributed by atoms with Crippen molar-refractivity contribution >= 4 is 28.5 Å². The van der Waals surface area contributed by atoms with E-state index in [9.17, 15) is 9.59 Å². The van der Waals surface area contributed by atoms with Crippen LogP contribution in [0.15, 0.2) is 63.4 Å². The van der Waals surface area contributed by atoms with E-state index in [1.807, 2.05) is 37.3 Å². The van der Waals surface area contributed by atoms with Gasteiger partial charge in [-0.3, -0.25) is 9.59 Å². The molecular formula is C24H22N2O5. The Balaban J connectivity index is 1.52. The van der Waals surface area contributed by atoms with Crippen molar-refractivity contribution in [3.05, 3.63) is 83.0 Å². The molecule has 7 nitrogen and oxygen atoms in total. The predicted molar refractivity (Wildman–Crippen MR) is 117 cm³/mol. The first-order valence-electron chi connectivity index (χ1n) is 9.81. The van der Waals surface area contributed by atoms with Crippen LogP contribution in [-0.4, -0.2) is 18.9 Å². The highest BCUT2D eigenvalue weighted by atomic mass is 16.5. The molecule has 31 heavy (non-hydrogen) atoms. The van der Waals surface area contributed by atoms with Gasteiger partial charge in [0.05, 0.1) is 7.11 Å². The molecule has 2 heterocycles. The van der Waals surface area contributed by atoms with E-state index in [1.165, 1.54) is 0 Å². The quantitative estimate of drug-likeness (QED) is 0.460. The topological polar surface area (TPSA) is 108 Å². The predicted octanol–water partition coefficient (Wildman–Crippen LogP) is 4.48. The average molecular weight is 418 g/mol. The van der Waals surface area contributed by atoms with Gasteiger partial charge in [-0.25, -0.2) is 0 Å². The Labute approximate surface area is 178 Å². The first-order chi connectivity index (χ1) is 15.0. The first-order valence-corrected chi connectivity index (χ1v) is 9.81. The fourth-order valence-electron chi connectivity index (χ4n) is 3.48. The van der Waals surface area contributed by atoms with E-state index < -0.39 is 11.8 Å². The van der Waals surface area contributed by atoms with Crippen molar-refractivity contribution in [1.29, 1.82) is 0 Å². The average Bonchev–Trinajstić information content (AvgIpc) is 3.37. The van der Waals surface area contributed by atoms with Crippen molar-refractivity contribution in [2.24, 2.45) is 5.73 Å². The third-order valence-corrected chi connectivity index (χ3v) is 5.03. The van der Waals surface area contributed by atoms with Crippen molar-refractivity contribution in [3.8, 4) is 5.75 Å². The monoisotopic (exact) mass is 418 g/mol. The normalized spacial score (nSPS) is 10.9. The molecule has 0 aliphatic heterocycles. The number of methoxy groups -OCH3 is 1. The molecule has 158 valence electrons. The van der Waals surface area contributed by atoms with Crippen LogP contribution in [0.5, 0.6) is 5.75 Å². The fraction of sp³-hybridized carbons (Fsp3) is 0.167. The molecule has 0 atom stereocenters. The van der Waals surface area contributed by atoms with Crippen molar-refractivity contribution in [2.45, 2.75) is 19.8 Å². The standard InChI is InChI=1S/C24H22N2O5/c1-14-7-11-17-20(13-14)31-22(23(25)27)21(17)26-24(28)19-12-10-16(30-19)9-8-15-5-3-4-6-18(15)29-2/h3-7,10-13H,8-9H2,1-2H3,(H2,25,27)(H,26,28). The number of carbonyl (C=O) groups is 2. The van der Waals surface area contributed by atoms with Gasteiger partial charge in [0.25, 0.3) is 11.8 Å². The second kappa shape index (κ2) is 8.39. The van der Waals surface area contributed by atoms with Gasteiger partial charge < -0.3 is 24.6 Å². The van der Waals surface area contributed by atoms with E-state index in [2.05, 4.69) is 5.32 Å². The van der Waals surface area contributed by atoms with Crippen molar-refractivity contribution < 1.29 is 23.2 Å². The summed E-state index contributed by atoms with van der Waals surface area (Å²) < 4.78 is 16.6. The second-order valence-electron chi connectivity index (χ2n) is 7.20. The molecule has 0 unspecified atom stereocenters. The molecule has 3 N–H and O–H groups in total. The molecule has 0 saturated carbocycles. The van der Waals surface area contributed by atoms with Gasteiger partial charge in [0.2, 0.25) is 5.76 Å². The molecule has 0 radical (unpaired) electrons. The number of carbonyl (C=O) groups excluding carboxylic acids is 2. The van der Waals surface area contributed by atoms with E-state index in [1.54, 1.807) is 31.4 Å². The number of nitrogens with one attached hydrogen (secondary N) is 1. The van der Waals surface area contributed by atoms with Crippen molar-refractivity contribution in [2.75, 3.05) is 12.4 Å². The Hall–Kier alpha value is -4.00. The van der Waals surface area contributed by atoms with Gasteiger partial charge in [-0.05, 0) is 54.8 Å². The number of ether oxygens (including phenoxy) is 1. The number of anilines is 1. The first kappa shape index (κ1) is 20.3. The summed E-state index contributed by atoms with van der Waals surface area (Å²) in [6.45, 7) is 1.90. The zero-order valence-corrected chi connectivity index (χ0v) is 17.2.